The Morgan fingerprint density at radius 2 is 1.21 bits per heavy atom. The molecule has 0 aliphatic heterocycles. The molecule has 1 heteroatoms. The van der Waals surface area contributed by atoms with E-state index < -0.39 is 0 Å². The summed E-state index contributed by atoms with van der Waals surface area (Å²) in [6, 6.07) is 0. The molecule has 0 heterocycles. The highest BCUT2D eigenvalue weighted by Gasteiger charge is 1.94. The predicted octanol–water partition coefficient (Wildman–Crippen LogP) is 5.37. The van der Waals surface area contributed by atoms with Crippen LogP contribution in [-0.2, 0) is 0 Å². The smallest absolute Gasteiger partial charge is 0.0894 e. The largest absolute Gasteiger partial charge is 0.251 e. The Labute approximate surface area is 90.3 Å². The summed E-state index contributed by atoms with van der Waals surface area (Å²) in [7, 11) is 0. The van der Waals surface area contributed by atoms with Crippen molar-refractivity contribution in [1.82, 2.24) is 0 Å². The minimum absolute atomic E-state index is 0.133. The third-order valence-corrected chi connectivity index (χ3v) is 2.17. The zero-order chi connectivity index (χ0) is 11.2. The van der Waals surface area contributed by atoms with Crippen LogP contribution in [0.25, 0.3) is 0 Å². The number of unbranched alkanes of at least 4 members (excludes halogenated alkanes) is 5. The van der Waals surface area contributed by atoms with Crippen molar-refractivity contribution in [3.05, 3.63) is 0 Å². The van der Waals surface area contributed by atoms with Gasteiger partial charge in [0.15, 0.2) is 0 Å². The summed E-state index contributed by atoms with van der Waals surface area (Å²) in [4.78, 5) is 0. The van der Waals surface area contributed by atoms with Gasteiger partial charge in [0.05, 0.1) is 6.67 Å². The van der Waals surface area contributed by atoms with E-state index in [2.05, 4.69) is 13.8 Å². The van der Waals surface area contributed by atoms with Crippen molar-refractivity contribution in [1.29, 1.82) is 0 Å². The molecule has 0 aliphatic carbocycles. The lowest BCUT2D eigenvalue weighted by molar-refractivity contribution is 0.446. The van der Waals surface area contributed by atoms with Crippen molar-refractivity contribution in [2.45, 2.75) is 72.6 Å². The fourth-order valence-corrected chi connectivity index (χ4v) is 1.35. The maximum atomic E-state index is 11.7. The van der Waals surface area contributed by atoms with Crippen LogP contribution >= 0.6 is 0 Å². The second-order valence-electron chi connectivity index (χ2n) is 3.99. The second kappa shape index (κ2) is 15.4. The highest BCUT2D eigenvalue weighted by molar-refractivity contribution is 4.48. The van der Waals surface area contributed by atoms with Gasteiger partial charge in [-0.1, -0.05) is 66.2 Å². The molecule has 0 nitrogen and oxygen atoms in total. The Bertz CT molecular complexity index is 79.3. The van der Waals surface area contributed by atoms with E-state index in [1.807, 2.05) is 13.8 Å². The number of hydrogen-bond acceptors (Lipinski definition) is 0. The third kappa shape index (κ3) is 17.9. The molecular formula is C13H29F. The summed E-state index contributed by atoms with van der Waals surface area (Å²) in [5, 5.41) is 0. The van der Waals surface area contributed by atoms with Gasteiger partial charge in [-0.15, -0.1) is 0 Å². The lowest BCUT2D eigenvalue weighted by atomic mass is 10.0. The van der Waals surface area contributed by atoms with E-state index in [0.717, 1.165) is 18.8 Å². The molecule has 0 amide bonds. The van der Waals surface area contributed by atoms with E-state index >= 15 is 0 Å². The van der Waals surface area contributed by atoms with Gasteiger partial charge in [-0.05, 0) is 12.3 Å². The van der Waals surface area contributed by atoms with Gasteiger partial charge >= 0.3 is 0 Å². The quantitative estimate of drug-likeness (QED) is 0.466. The lowest BCUT2D eigenvalue weighted by Crippen LogP contribution is -1.87. The van der Waals surface area contributed by atoms with Gasteiger partial charge in [0.25, 0.3) is 0 Å². The zero-order valence-electron chi connectivity index (χ0n) is 10.6. The van der Waals surface area contributed by atoms with Crippen molar-refractivity contribution in [3.8, 4) is 0 Å². The Kier molecular flexibility index (Phi) is 18.0. The molecule has 0 atom stereocenters. The van der Waals surface area contributed by atoms with E-state index in [9.17, 15) is 4.39 Å². The Morgan fingerprint density at radius 3 is 1.64 bits per heavy atom. The normalized spacial score (nSPS) is 9.86. The molecule has 0 saturated carbocycles. The molecule has 0 fully saturated rings. The van der Waals surface area contributed by atoms with E-state index in [4.69, 9.17) is 0 Å². The number of hydrogen-bond donors (Lipinski definition) is 0. The van der Waals surface area contributed by atoms with E-state index in [0.29, 0.717) is 0 Å². The third-order valence-electron chi connectivity index (χ3n) is 2.17. The lowest BCUT2D eigenvalue weighted by Gasteiger charge is -2.03. The number of halogens is 1. The highest BCUT2D eigenvalue weighted by Crippen LogP contribution is 2.11. The van der Waals surface area contributed by atoms with Crippen LogP contribution < -0.4 is 0 Å². The maximum absolute atomic E-state index is 11.7. The van der Waals surface area contributed by atoms with Crippen molar-refractivity contribution in [2.75, 3.05) is 6.67 Å². The molecular weight excluding hydrogens is 175 g/mol. The molecule has 0 aromatic rings. The summed E-state index contributed by atoms with van der Waals surface area (Å²) < 4.78 is 11.7. The SMILES string of the molecule is CC.CC(C)CCCCCCCCF. The van der Waals surface area contributed by atoms with Crippen LogP contribution in [0.15, 0.2) is 0 Å². The minimum atomic E-state index is -0.133. The van der Waals surface area contributed by atoms with E-state index in [1.54, 1.807) is 0 Å². The molecule has 0 bridgehead atoms. The van der Waals surface area contributed by atoms with Crippen LogP contribution in [0.1, 0.15) is 72.6 Å². The molecule has 14 heavy (non-hydrogen) atoms. The van der Waals surface area contributed by atoms with Gasteiger partial charge in [-0.2, -0.15) is 0 Å². The molecule has 0 aliphatic rings. The fourth-order valence-electron chi connectivity index (χ4n) is 1.35. The van der Waals surface area contributed by atoms with Crippen molar-refractivity contribution in [2.24, 2.45) is 5.92 Å². The highest BCUT2D eigenvalue weighted by atomic mass is 19.1. The van der Waals surface area contributed by atoms with Crippen molar-refractivity contribution >= 4 is 0 Å². The Hall–Kier alpha value is -0.0700. The first-order chi connectivity index (χ1) is 6.77. The average molecular weight is 204 g/mol. The fraction of sp³-hybridized carbons (Fsp3) is 1.00. The minimum Gasteiger partial charge on any atom is -0.251 e. The summed E-state index contributed by atoms with van der Waals surface area (Å²) in [5.41, 5.74) is 0. The topological polar surface area (TPSA) is 0 Å². The van der Waals surface area contributed by atoms with E-state index in [1.165, 1.54) is 32.1 Å². The molecule has 0 rings (SSSR count). The molecule has 0 N–H and O–H groups in total. The number of alkyl halides is 1. The average Bonchev–Trinajstić information content (AvgIpc) is 2.19. The first kappa shape index (κ1) is 16.4. The molecule has 0 unspecified atom stereocenters. The molecule has 88 valence electrons. The summed E-state index contributed by atoms with van der Waals surface area (Å²) in [6.45, 7) is 8.40. The molecule has 0 aromatic heterocycles. The number of rotatable bonds is 8. The second-order valence-corrected chi connectivity index (χ2v) is 3.99. The van der Waals surface area contributed by atoms with Crippen LogP contribution in [-0.4, -0.2) is 6.67 Å². The Balaban J connectivity index is 0. The summed E-state index contributed by atoms with van der Waals surface area (Å²) in [5.74, 6) is 0.843. The molecule has 0 saturated heterocycles. The van der Waals surface area contributed by atoms with E-state index in [-0.39, 0.29) is 6.67 Å². The van der Waals surface area contributed by atoms with Crippen LogP contribution in [0.5, 0.6) is 0 Å². The molecule has 0 radical (unpaired) electrons. The van der Waals surface area contributed by atoms with Gasteiger partial charge in [0.2, 0.25) is 0 Å². The van der Waals surface area contributed by atoms with Gasteiger partial charge < -0.3 is 0 Å². The molecule has 0 aromatic carbocycles. The first-order valence-electron chi connectivity index (χ1n) is 6.33. The maximum Gasteiger partial charge on any atom is 0.0894 e. The first-order valence-corrected chi connectivity index (χ1v) is 6.33. The Morgan fingerprint density at radius 1 is 0.786 bits per heavy atom. The van der Waals surface area contributed by atoms with Crippen LogP contribution in [0.3, 0.4) is 0 Å². The summed E-state index contributed by atoms with van der Waals surface area (Å²) in [6.07, 6.45) is 8.41. The van der Waals surface area contributed by atoms with Gasteiger partial charge in [-0.3, -0.25) is 4.39 Å². The van der Waals surface area contributed by atoms with Crippen molar-refractivity contribution in [3.63, 3.8) is 0 Å². The monoisotopic (exact) mass is 204 g/mol. The van der Waals surface area contributed by atoms with Crippen LogP contribution in [0, 0.1) is 5.92 Å². The molecule has 0 spiro atoms. The predicted molar refractivity (Wildman–Crippen MR) is 64.5 cm³/mol. The van der Waals surface area contributed by atoms with Gasteiger partial charge in [0.1, 0.15) is 0 Å². The zero-order valence-corrected chi connectivity index (χ0v) is 10.6. The van der Waals surface area contributed by atoms with Gasteiger partial charge in [0, 0.05) is 0 Å². The summed E-state index contributed by atoms with van der Waals surface area (Å²) >= 11 is 0. The van der Waals surface area contributed by atoms with Gasteiger partial charge in [-0.25, -0.2) is 0 Å². The van der Waals surface area contributed by atoms with Crippen LogP contribution in [0.2, 0.25) is 0 Å². The standard InChI is InChI=1S/C11H23F.C2H6/c1-11(2)9-7-5-3-4-6-8-10-12;1-2/h11H,3-10H2,1-2H3;1-2H3. The van der Waals surface area contributed by atoms with Crippen LogP contribution in [0.4, 0.5) is 4.39 Å². The van der Waals surface area contributed by atoms with Crippen molar-refractivity contribution < 1.29 is 4.39 Å².